The quantitative estimate of drug-likeness (QED) is 0.0124. The van der Waals surface area contributed by atoms with Crippen LogP contribution in [0.2, 0.25) is 0 Å². The molecule has 3 unspecified atom stereocenters. The fraction of sp³-hybridized carbons (Fsp3) is 0.979. The standard InChI is InChI=1S/C48H96NO12P/c1-3-5-7-9-11-13-15-17-18-19-20-21-22-23-25-27-29-31-33-35-37-41(51)48(57)49-39(40(50)36-34-32-30-28-26-24-16-14-12-10-8-6-4-2)38-60-62(58,59)61-47-45(55)43(53)42(52)44(54)46(47)56/h39-47,50-56H,3-38H2,1-2H3,(H,49,57)(H,58,59)/p-1/t39-,40+,41-,42?,43-,44+,45+,46+,47?/m0/s1. The van der Waals surface area contributed by atoms with Crippen LogP contribution < -0.4 is 5.11 Å². The summed E-state index contributed by atoms with van der Waals surface area (Å²) in [6, 6.07) is -1.33. The van der Waals surface area contributed by atoms with Gasteiger partial charge in [0.05, 0.1) is 24.9 Å². The van der Waals surface area contributed by atoms with Crippen LogP contribution in [0, 0.1) is 0 Å². The van der Waals surface area contributed by atoms with Gasteiger partial charge in [-0.25, -0.2) is 4.57 Å². The van der Waals surface area contributed by atoms with Gasteiger partial charge in [0, 0.05) is 0 Å². The predicted molar refractivity (Wildman–Crippen MR) is 247 cm³/mol. The minimum Gasteiger partial charge on any atom is -0.860 e. The van der Waals surface area contributed by atoms with Gasteiger partial charge in [-0.05, 0) is 18.7 Å². The van der Waals surface area contributed by atoms with Crippen LogP contribution in [0.25, 0.3) is 0 Å². The van der Waals surface area contributed by atoms with Crippen molar-refractivity contribution in [1.82, 2.24) is 0 Å². The lowest BCUT2D eigenvalue weighted by Crippen LogP contribution is -2.64. The van der Waals surface area contributed by atoms with Gasteiger partial charge in [0.2, 0.25) is 0 Å². The first-order valence-electron chi connectivity index (χ1n) is 25.5. The molecule has 62 heavy (non-hydrogen) atoms. The van der Waals surface area contributed by atoms with Gasteiger partial charge in [0.25, 0.3) is 0 Å². The Labute approximate surface area is 377 Å². The summed E-state index contributed by atoms with van der Waals surface area (Å²) in [6.07, 6.45) is 25.7. The Morgan fingerprint density at radius 2 is 0.790 bits per heavy atom. The highest BCUT2D eigenvalue weighted by Gasteiger charge is 2.51. The Bertz CT molecular complexity index is 1090. The molecule has 10 atom stereocenters. The molecule has 0 aromatic heterocycles. The molecule has 0 bridgehead atoms. The fourth-order valence-electron chi connectivity index (χ4n) is 8.44. The van der Waals surface area contributed by atoms with Crippen LogP contribution in [-0.2, 0) is 13.6 Å². The molecule has 0 aliphatic heterocycles. The maximum Gasteiger partial charge on any atom is 0.472 e. The summed E-state index contributed by atoms with van der Waals surface area (Å²) < 4.78 is 22.9. The van der Waals surface area contributed by atoms with E-state index in [1.54, 1.807) is 0 Å². The zero-order valence-electron chi connectivity index (χ0n) is 39.3. The summed E-state index contributed by atoms with van der Waals surface area (Å²) in [4.78, 5) is 14.5. The van der Waals surface area contributed by atoms with Crippen LogP contribution in [0.4, 0.5) is 0 Å². The van der Waals surface area contributed by atoms with E-state index in [2.05, 4.69) is 18.8 Å². The van der Waals surface area contributed by atoms with Crippen LogP contribution in [0.15, 0.2) is 4.99 Å². The Morgan fingerprint density at radius 3 is 1.13 bits per heavy atom. The van der Waals surface area contributed by atoms with Gasteiger partial charge in [0.1, 0.15) is 36.6 Å². The second-order valence-corrected chi connectivity index (χ2v) is 19.8. The van der Waals surface area contributed by atoms with E-state index >= 15 is 0 Å². The van der Waals surface area contributed by atoms with E-state index in [0.717, 1.165) is 44.9 Å². The van der Waals surface area contributed by atoms with Gasteiger partial charge >= 0.3 is 7.82 Å². The van der Waals surface area contributed by atoms with Crippen molar-refractivity contribution >= 4 is 13.7 Å². The molecule has 0 aromatic carbocycles. The average molecular weight is 909 g/mol. The molecule has 0 amide bonds. The maximum absolute atomic E-state index is 13.0. The fourth-order valence-corrected chi connectivity index (χ4v) is 9.40. The molecule has 1 aliphatic rings. The average Bonchev–Trinajstić information content (AvgIpc) is 3.25. The molecule has 0 heterocycles. The summed E-state index contributed by atoms with van der Waals surface area (Å²) >= 11 is 0. The molecule has 0 spiro atoms. The van der Waals surface area contributed by atoms with Crippen LogP contribution in [0.3, 0.4) is 0 Å². The number of unbranched alkanes of at least 4 members (excludes halogenated alkanes) is 31. The van der Waals surface area contributed by atoms with E-state index in [4.69, 9.17) is 9.05 Å². The lowest BCUT2D eigenvalue weighted by molar-refractivity contribution is -0.229. The number of aliphatic imine (C=N–C) groups is 1. The SMILES string of the molecule is CCCCCCCCCCCCCCCCCCCCCC[C@H](O)C([O-])=N[C@@H](COP(=O)(O)OC1[C@H](O)[C@H](O)C(O)[C@H](O)[C@H]1O)[C@H](O)CCCCCCCCCCCCCCC. The maximum atomic E-state index is 13.0. The molecule has 1 rings (SSSR count). The molecule has 0 saturated heterocycles. The van der Waals surface area contributed by atoms with Crippen molar-refractivity contribution in [3.63, 3.8) is 0 Å². The van der Waals surface area contributed by atoms with Crippen LogP contribution in [-0.4, -0.2) is 108 Å². The van der Waals surface area contributed by atoms with E-state index in [1.165, 1.54) is 154 Å². The Morgan fingerprint density at radius 1 is 0.500 bits per heavy atom. The van der Waals surface area contributed by atoms with Crippen molar-refractivity contribution in [2.75, 3.05) is 6.61 Å². The lowest BCUT2D eigenvalue weighted by Gasteiger charge is -2.41. The molecule has 1 fully saturated rings. The number of phosphoric ester groups is 1. The van der Waals surface area contributed by atoms with Gasteiger partial charge in [-0.2, -0.15) is 0 Å². The van der Waals surface area contributed by atoms with E-state index in [-0.39, 0.29) is 12.8 Å². The van der Waals surface area contributed by atoms with Crippen molar-refractivity contribution < 1.29 is 59.4 Å². The monoisotopic (exact) mass is 909 g/mol. The van der Waals surface area contributed by atoms with Gasteiger partial charge in [-0.15, -0.1) is 0 Å². The summed E-state index contributed by atoms with van der Waals surface area (Å²) in [5.41, 5.74) is 0. The third-order valence-corrected chi connectivity index (χ3v) is 13.7. The molecule has 14 heteroatoms. The molecule has 8 N–H and O–H groups in total. The number of hydrogen-bond acceptors (Lipinski definition) is 12. The second kappa shape index (κ2) is 38.4. The lowest BCUT2D eigenvalue weighted by atomic mass is 9.85. The highest BCUT2D eigenvalue weighted by Crippen LogP contribution is 2.47. The van der Waals surface area contributed by atoms with Gasteiger partial charge < -0.3 is 45.7 Å². The zero-order chi connectivity index (χ0) is 45.9. The van der Waals surface area contributed by atoms with Crippen LogP contribution in [0.5, 0.6) is 0 Å². The normalized spacial score (nSPS) is 23.4. The largest absolute Gasteiger partial charge is 0.860 e. The molecule has 13 nitrogen and oxygen atoms in total. The Kier molecular flexibility index (Phi) is 36.7. The number of nitrogens with zero attached hydrogens (tertiary/aromatic N) is 1. The zero-order valence-corrected chi connectivity index (χ0v) is 40.2. The molecule has 1 aliphatic carbocycles. The van der Waals surface area contributed by atoms with Gasteiger partial charge in [-0.1, -0.05) is 226 Å². The van der Waals surface area contributed by atoms with E-state index in [1.807, 2.05) is 0 Å². The van der Waals surface area contributed by atoms with Crippen LogP contribution in [0.1, 0.15) is 239 Å². The molecular weight excluding hydrogens is 813 g/mol. The van der Waals surface area contributed by atoms with E-state index in [0.29, 0.717) is 12.8 Å². The number of aliphatic hydroxyl groups excluding tert-OH is 7. The second-order valence-electron chi connectivity index (χ2n) is 18.4. The molecule has 0 radical (unpaired) electrons. The van der Waals surface area contributed by atoms with Crippen molar-refractivity contribution in [3.8, 4) is 0 Å². The minimum atomic E-state index is -5.15. The summed E-state index contributed by atoms with van der Waals surface area (Å²) in [6.45, 7) is 3.72. The molecule has 0 aromatic rings. The van der Waals surface area contributed by atoms with E-state index < -0.39 is 75.2 Å². The predicted octanol–water partition coefficient (Wildman–Crippen LogP) is 8.85. The summed E-state index contributed by atoms with van der Waals surface area (Å²) in [5, 5.41) is 85.1. The number of rotatable bonds is 43. The number of aliphatic hydroxyl groups is 7. The van der Waals surface area contributed by atoms with Crippen molar-refractivity contribution in [2.45, 2.75) is 293 Å². The topological polar surface area (TPSA) is 233 Å². The van der Waals surface area contributed by atoms with Crippen molar-refractivity contribution in [1.29, 1.82) is 0 Å². The highest BCUT2D eigenvalue weighted by molar-refractivity contribution is 7.47. The first-order valence-corrected chi connectivity index (χ1v) is 27.0. The third kappa shape index (κ3) is 29.0. The van der Waals surface area contributed by atoms with Gasteiger partial charge in [0.15, 0.2) is 0 Å². The number of phosphoric acid groups is 1. The van der Waals surface area contributed by atoms with Crippen LogP contribution >= 0.6 is 7.82 Å². The van der Waals surface area contributed by atoms with E-state index in [9.17, 15) is 50.3 Å². The smallest absolute Gasteiger partial charge is 0.472 e. The molecule has 370 valence electrons. The minimum absolute atomic E-state index is 0.194. The number of hydrogen-bond donors (Lipinski definition) is 8. The molecule has 1 saturated carbocycles. The summed E-state index contributed by atoms with van der Waals surface area (Å²) in [7, 11) is -5.15. The first-order chi connectivity index (χ1) is 29.9. The Hall–Kier alpha value is -0.700. The third-order valence-electron chi connectivity index (χ3n) is 12.7. The van der Waals surface area contributed by atoms with Crippen molar-refractivity contribution in [2.24, 2.45) is 4.99 Å². The first kappa shape index (κ1) is 59.3. The van der Waals surface area contributed by atoms with Crippen molar-refractivity contribution in [3.05, 3.63) is 0 Å². The summed E-state index contributed by atoms with van der Waals surface area (Å²) in [5.74, 6) is -0.868. The molecular formula is C48H95NO12P-. The Balaban J connectivity index is 2.47. The highest BCUT2D eigenvalue weighted by atomic mass is 31.2. The van der Waals surface area contributed by atoms with Gasteiger partial charge in [-0.3, -0.25) is 14.0 Å².